The number of Topliss-reactive ketones (excluding diaryl/α,β-unsaturated/α-hetero) is 1. The van der Waals surface area contributed by atoms with Crippen molar-refractivity contribution in [2.75, 3.05) is 46.6 Å². The Morgan fingerprint density at radius 1 is 1.17 bits per heavy atom. The molecular weight excluding hydrogens is 368 g/mol. The molecule has 4 saturated heterocycles. The molecule has 0 atom stereocenters. The summed E-state index contributed by atoms with van der Waals surface area (Å²) in [5, 5.41) is 10.9. The molecule has 23 heavy (non-hydrogen) atoms. The second-order valence-electron chi connectivity index (χ2n) is 6.68. The fourth-order valence-electron chi connectivity index (χ4n) is 4.16. The number of carbonyl (C=O) groups is 1. The van der Waals surface area contributed by atoms with E-state index < -0.39 is 4.92 Å². The number of hydrogen-bond donors (Lipinski definition) is 0. The van der Waals surface area contributed by atoms with Gasteiger partial charge in [-0.15, -0.1) is 0 Å². The van der Waals surface area contributed by atoms with E-state index in [1.807, 2.05) is 0 Å². The number of hydrogen-bond acceptors (Lipinski definition) is 6. The number of aromatic nitrogens is 1. The van der Waals surface area contributed by atoms with Gasteiger partial charge in [0.15, 0.2) is 5.69 Å². The molecule has 4 aliphatic heterocycles. The number of ketones is 1. The minimum atomic E-state index is -0.459. The first-order valence-corrected chi connectivity index (χ1v) is 7.31. The quantitative estimate of drug-likeness (QED) is 0.233. The molecule has 5 heterocycles. The summed E-state index contributed by atoms with van der Waals surface area (Å²) in [5.41, 5.74) is 0.417. The van der Waals surface area contributed by atoms with E-state index in [4.69, 9.17) is 0 Å². The third-order valence-corrected chi connectivity index (χ3v) is 4.75. The Labute approximate surface area is 144 Å². The molecule has 10 heteroatoms. The molecule has 4 fully saturated rings. The largest absolute Gasteiger partial charge is 1.00 e. The summed E-state index contributed by atoms with van der Waals surface area (Å²) >= 11 is 0. The minimum Gasteiger partial charge on any atom is -1.00 e. The van der Waals surface area contributed by atoms with E-state index in [1.165, 1.54) is 10.6 Å². The number of carbonyl (C=O) groups excluding carboxylic acids is 1. The maximum Gasteiger partial charge on any atom is 0.323 e. The van der Waals surface area contributed by atoms with Gasteiger partial charge in [-0.25, -0.2) is 19.3 Å². The van der Waals surface area contributed by atoms with Crippen molar-refractivity contribution < 1.29 is 31.2 Å². The number of rotatable bonds is 4. The highest BCUT2D eigenvalue weighted by Crippen LogP contribution is 2.29. The number of quaternary nitrogens is 1. The first-order valence-electron chi connectivity index (χ1n) is 7.31. The van der Waals surface area contributed by atoms with Gasteiger partial charge in [-0.05, 0) is 11.0 Å². The summed E-state index contributed by atoms with van der Waals surface area (Å²) in [5.74, 6) is -0.0706. The monoisotopic (exact) mass is 386 g/mol. The van der Waals surface area contributed by atoms with E-state index >= 15 is 0 Å². The molecule has 1 aromatic heterocycles. The lowest BCUT2D eigenvalue weighted by molar-refractivity contribution is -0.973. The number of nitro groups is 1. The Bertz CT molecular complexity index is 625. The van der Waals surface area contributed by atoms with Crippen LogP contribution in [0.15, 0.2) is 12.1 Å². The Kier molecular flexibility index (Phi) is 4.05. The van der Waals surface area contributed by atoms with Gasteiger partial charge in [0.2, 0.25) is 0 Å². The summed E-state index contributed by atoms with van der Waals surface area (Å²) in [6.45, 7) is 5.95. The Morgan fingerprint density at radius 2 is 1.70 bits per heavy atom. The van der Waals surface area contributed by atoms with Gasteiger partial charge in [0.05, 0.1) is 27.1 Å². The maximum absolute atomic E-state index is 12.7. The Balaban J connectivity index is 0.00000156. The van der Waals surface area contributed by atoms with E-state index in [1.54, 1.807) is 13.1 Å². The topological polar surface area (TPSA) is 74.9 Å². The van der Waals surface area contributed by atoms with Crippen LogP contribution in [0.3, 0.4) is 0 Å². The molecule has 0 spiro atoms. The van der Waals surface area contributed by atoms with Crippen molar-refractivity contribution in [3.8, 4) is 0 Å². The maximum atomic E-state index is 12.7. The predicted octanol–water partition coefficient (Wildman–Crippen LogP) is -3.37. The van der Waals surface area contributed by atoms with Crippen LogP contribution >= 0.6 is 0 Å². The van der Waals surface area contributed by atoms with Gasteiger partial charge < -0.3 is 27.1 Å². The SMILES string of the molecule is Cn1c(C(=O)C[N+]23CN4CN(CN(C4)C2)C3)ccc1[N+](=O)[O-].[Br-]. The van der Waals surface area contributed by atoms with Crippen LogP contribution < -0.4 is 17.0 Å². The lowest BCUT2D eigenvalue weighted by atomic mass is 10.2. The molecule has 4 bridgehead atoms. The second kappa shape index (κ2) is 5.64. The number of nitrogens with zero attached hydrogens (tertiary/aromatic N) is 6. The molecule has 0 N–H and O–H groups in total. The van der Waals surface area contributed by atoms with Gasteiger partial charge in [0.1, 0.15) is 26.6 Å². The highest BCUT2D eigenvalue weighted by molar-refractivity contribution is 5.96. The van der Waals surface area contributed by atoms with E-state index in [0.717, 1.165) is 40.0 Å². The fraction of sp³-hybridized carbons (Fsp3) is 0.615. The summed E-state index contributed by atoms with van der Waals surface area (Å²) < 4.78 is 2.09. The van der Waals surface area contributed by atoms with Crippen molar-refractivity contribution in [3.63, 3.8) is 0 Å². The first-order chi connectivity index (χ1) is 10.5. The van der Waals surface area contributed by atoms with Crippen molar-refractivity contribution >= 4 is 11.6 Å². The molecule has 0 saturated carbocycles. The van der Waals surface area contributed by atoms with E-state index in [2.05, 4.69) is 14.7 Å². The van der Waals surface area contributed by atoms with Crippen LogP contribution in [0.5, 0.6) is 0 Å². The normalized spacial score (nSPS) is 34.2. The minimum absolute atomic E-state index is 0. The molecule has 0 aromatic carbocycles. The Hall–Kier alpha value is -1.33. The van der Waals surface area contributed by atoms with E-state index in [-0.39, 0.29) is 28.6 Å². The average molecular weight is 387 g/mol. The van der Waals surface area contributed by atoms with Crippen LogP contribution in [0, 0.1) is 10.1 Å². The standard InChI is InChI=1S/C13H19N6O3.BrH/c1-14-11(2-3-13(14)18(21)22)12(20)4-19-8-15-5-16(9-19)7-17(6-15)10-19;/h2-3H,4-10H2,1H3;1H/q+1;/p-1. The zero-order chi connectivity index (χ0) is 15.5. The molecule has 5 rings (SSSR count). The van der Waals surface area contributed by atoms with Crippen LogP contribution in [0.25, 0.3) is 0 Å². The highest BCUT2D eigenvalue weighted by Gasteiger charge is 2.49. The van der Waals surface area contributed by atoms with Crippen molar-refractivity contribution in [2.45, 2.75) is 0 Å². The highest BCUT2D eigenvalue weighted by atomic mass is 79.9. The van der Waals surface area contributed by atoms with Gasteiger partial charge in [-0.3, -0.25) is 9.28 Å². The predicted molar refractivity (Wildman–Crippen MR) is 76.2 cm³/mol. The van der Waals surface area contributed by atoms with Crippen molar-refractivity contribution in [3.05, 3.63) is 27.9 Å². The van der Waals surface area contributed by atoms with Crippen molar-refractivity contribution in [1.29, 1.82) is 0 Å². The third-order valence-electron chi connectivity index (χ3n) is 4.75. The first kappa shape index (κ1) is 16.5. The van der Waals surface area contributed by atoms with Gasteiger partial charge >= 0.3 is 5.82 Å². The Morgan fingerprint density at radius 3 is 2.13 bits per heavy atom. The smallest absolute Gasteiger partial charge is 0.323 e. The zero-order valence-electron chi connectivity index (χ0n) is 12.9. The zero-order valence-corrected chi connectivity index (χ0v) is 14.5. The summed E-state index contributed by atoms with van der Waals surface area (Å²) in [7, 11) is 1.58. The van der Waals surface area contributed by atoms with Crippen LogP contribution in [-0.4, -0.2) is 81.0 Å². The molecule has 0 amide bonds. The molecule has 0 aliphatic carbocycles. The molecule has 9 nitrogen and oxygen atoms in total. The van der Waals surface area contributed by atoms with Crippen LogP contribution in [0.4, 0.5) is 5.82 Å². The lowest BCUT2D eigenvalue weighted by Crippen LogP contribution is -3.00. The van der Waals surface area contributed by atoms with Crippen molar-refractivity contribution in [2.24, 2.45) is 7.05 Å². The molecule has 126 valence electrons. The number of halogens is 1. The van der Waals surface area contributed by atoms with Gasteiger partial charge in [0, 0.05) is 6.07 Å². The summed E-state index contributed by atoms with van der Waals surface area (Å²) in [6.07, 6.45) is 0. The molecule has 0 unspecified atom stereocenters. The molecule has 4 aliphatic rings. The van der Waals surface area contributed by atoms with Crippen molar-refractivity contribution in [1.82, 2.24) is 19.3 Å². The molecule has 0 radical (unpaired) electrons. The van der Waals surface area contributed by atoms with Crippen LogP contribution in [0.1, 0.15) is 10.5 Å². The van der Waals surface area contributed by atoms with Gasteiger partial charge in [-0.1, -0.05) is 0 Å². The third kappa shape index (κ3) is 2.70. The summed E-state index contributed by atoms with van der Waals surface area (Å²) in [4.78, 5) is 30.2. The molecule has 1 aromatic rings. The van der Waals surface area contributed by atoms with Crippen LogP contribution in [-0.2, 0) is 7.05 Å². The lowest BCUT2D eigenvalue weighted by Gasteiger charge is -2.60. The van der Waals surface area contributed by atoms with Gasteiger partial charge in [-0.2, -0.15) is 0 Å². The van der Waals surface area contributed by atoms with E-state index in [0.29, 0.717) is 16.7 Å². The van der Waals surface area contributed by atoms with E-state index in [9.17, 15) is 14.9 Å². The second-order valence-corrected chi connectivity index (χ2v) is 6.68. The summed E-state index contributed by atoms with van der Waals surface area (Å²) in [6, 6.07) is 2.96. The average Bonchev–Trinajstić information content (AvgIpc) is 2.78. The van der Waals surface area contributed by atoms with Gasteiger partial charge in [0.25, 0.3) is 5.78 Å². The molecular formula is C13H19BrN6O3. The fourth-order valence-corrected chi connectivity index (χ4v) is 4.16. The van der Waals surface area contributed by atoms with Crippen LogP contribution in [0.2, 0.25) is 0 Å².